The summed E-state index contributed by atoms with van der Waals surface area (Å²) >= 11 is 0.701. The number of amides is 1. The molecule has 5 heterocycles. The zero-order valence-electron chi connectivity index (χ0n) is 20.8. The molecule has 1 saturated carbocycles. The summed E-state index contributed by atoms with van der Waals surface area (Å²) in [6.45, 7) is 5.76. The number of morpholine rings is 1. The molecule has 6 rings (SSSR count). The Bertz CT molecular complexity index is 1500. The molecular weight excluding hydrogens is 540 g/mol. The van der Waals surface area contributed by atoms with Crippen LogP contribution < -0.4 is 9.62 Å². The van der Waals surface area contributed by atoms with Crippen LogP contribution in [0.1, 0.15) is 44.5 Å². The molecule has 3 aromatic heterocycles. The van der Waals surface area contributed by atoms with E-state index >= 15 is 0 Å². The molecule has 0 spiro atoms. The number of likely N-dealkylation sites (tertiary alicyclic amines) is 1. The lowest BCUT2D eigenvalue weighted by Crippen LogP contribution is -2.56. The summed E-state index contributed by atoms with van der Waals surface area (Å²) in [6, 6.07) is 1.57. The number of hydrogen-bond donors (Lipinski definition) is 1. The van der Waals surface area contributed by atoms with Crippen LogP contribution in [0.25, 0.3) is 16.3 Å². The van der Waals surface area contributed by atoms with Crippen molar-refractivity contribution in [3.63, 3.8) is 0 Å². The molecule has 0 aromatic carbocycles. The number of rotatable bonds is 7. The van der Waals surface area contributed by atoms with E-state index in [1.54, 1.807) is 21.6 Å². The standard InChI is InChI=1S/C23H27F2N7O4S2/c1-13-10-31(12-17(36-13)22(33)30-6-3-7-30)15-8-14(38(34,35)29-23(2)4-5-23)11-32-16(15)9-26-19(32)21-28-27-20(37-21)18(24)25/h8-9,11,13,17-18,29H,3-7,10,12H2,1-2H3/t13-,17-/m0/s1. The molecule has 0 unspecified atom stereocenters. The van der Waals surface area contributed by atoms with Gasteiger partial charge in [-0.3, -0.25) is 9.20 Å². The van der Waals surface area contributed by atoms with E-state index in [0.717, 1.165) is 19.3 Å². The number of carbonyl (C=O) groups is 1. The SMILES string of the molecule is C[C@H]1CN(c2cc(S(=O)(=O)NC3(C)CC3)cn3c(-c4nnc(C(F)F)s4)ncc23)C[C@@H](C(=O)N2CCC2)O1. The maximum absolute atomic E-state index is 13.4. The van der Waals surface area contributed by atoms with Crippen LogP contribution >= 0.6 is 11.3 Å². The fourth-order valence-corrected chi connectivity index (χ4v) is 6.90. The van der Waals surface area contributed by atoms with E-state index in [9.17, 15) is 22.0 Å². The summed E-state index contributed by atoms with van der Waals surface area (Å²) in [4.78, 5) is 21.1. The first-order chi connectivity index (χ1) is 18.0. The van der Waals surface area contributed by atoms with E-state index in [1.807, 2.05) is 18.7 Å². The van der Waals surface area contributed by atoms with E-state index < -0.39 is 33.1 Å². The molecule has 0 bridgehead atoms. The minimum Gasteiger partial charge on any atom is -0.364 e. The van der Waals surface area contributed by atoms with Gasteiger partial charge in [0.1, 0.15) is 4.90 Å². The van der Waals surface area contributed by atoms with Crippen LogP contribution in [0, 0.1) is 0 Å². The number of nitrogens with zero attached hydrogens (tertiary/aromatic N) is 6. The number of sulfonamides is 1. The van der Waals surface area contributed by atoms with Crippen LogP contribution in [0.2, 0.25) is 0 Å². The van der Waals surface area contributed by atoms with Crippen LogP contribution in [0.3, 0.4) is 0 Å². The molecule has 1 N–H and O–H groups in total. The first kappa shape index (κ1) is 25.5. The molecule has 2 aliphatic heterocycles. The van der Waals surface area contributed by atoms with Crippen molar-refractivity contribution < 1.29 is 26.7 Å². The molecule has 15 heteroatoms. The van der Waals surface area contributed by atoms with Crippen molar-refractivity contribution >= 4 is 38.5 Å². The van der Waals surface area contributed by atoms with E-state index in [1.165, 1.54) is 6.20 Å². The highest BCUT2D eigenvalue weighted by molar-refractivity contribution is 7.89. The predicted molar refractivity (Wildman–Crippen MR) is 135 cm³/mol. The minimum atomic E-state index is -3.93. The third-order valence-corrected chi connectivity index (χ3v) is 9.68. The van der Waals surface area contributed by atoms with Crippen LogP contribution in [0.5, 0.6) is 0 Å². The van der Waals surface area contributed by atoms with E-state index in [0.29, 0.717) is 42.2 Å². The second kappa shape index (κ2) is 9.17. The smallest absolute Gasteiger partial charge is 0.291 e. The van der Waals surface area contributed by atoms with Crippen LogP contribution in [0.15, 0.2) is 23.4 Å². The summed E-state index contributed by atoms with van der Waals surface area (Å²) in [5, 5.41) is 7.12. The lowest BCUT2D eigenvalue weighted by molar-refractivity contribution is -0.151. The lowest BCUT2D eigenvalue weighted by Gasteiger charge is -2.41. The normalized spacial score (nSPS) is 23.2. The number of aromatic nitrogens is 4. The van der Waals surface area contributed by atoms with Crippen molar-refractivity contribution in [2.45, 2.75) is 62.2 Å². The summed E-state index contributed by atoms with van der Waals surface area (Å²) in [5.74, 6) is 0.119. The quantitative estimate of drug-likeness (QED) is 0.462. The van der Waals surface area contributed by atoms with Crippen molar-refractivity contribution in [3.8, 4) is 10.8 Å². The van der Waals surface area contributed by atoms with Gasteiger partial charge in [0.2, 0.25) is 10.0 Å². The van der Waals surface area contributed by atoms with Crippen molar-refractivity contribution in [2.75, 3.05) is 31.1 Å². The number of alkyl halides is 2. The van der Waals surface area contributed by atoms with E-state index in [2.05, 4.69) is 19.9 Å². The monoisotopic (exact) mass is 567 g/mol. The zero-order chi connectivity index (χ0) is 26.8. The van der Waals surface area contributed by atoms with Gasteiger partial charge in [-0.25, -0.2) is 26.9 Å². The van der Waals surface area contributed by atoms with Gasteiger partial charge in [0.25, 0.3) is 12.3 Å². The molecule has 1 amide bonds. The van der Waals surface area contributed by atoms with Gasteiger partial charge in [-0.1, -0.05) is 11.3 Å². The number of pyridine rings is 1. The highest BCUT2D eigenvalue weighted by Gasteiger charge is 2.42. The van der Waals surface area contributed by atoms with Crippen molar-refractivity contribution in [2.24, 2.45) is 0 Å². The molecule has 3 aromatic rings. The average Bonchev–Trinajstić information content (AvgIpc) is 3.22. The average molecular weight is 568 g/mol. The highest BCUT2D eigenvalue weighted by atomic mass is 32.2. The molecule has 2 atom stereocenters. The minimum absolute atomic E-state index is 0.00395. The van der Waals surface area contributed by atoms with Gasteiger partial charge in [0.15, 0.2) is 21.9 Å². The van der Waals surface area contributed by atoms with Crippen LogP contribution in [-0.4, -0.2) is 82.7 Å². The molecule has 11 nitrogen and oxygen atoms in total. The van der Waals surface area contributed by atoms with Gasteiger partial charge >= 0.3 is 0 Å². The summed E-state index contributed by atoms with van der Waals surface area (Å²) in [6.07, 6.45) is 1.64. The number of halogens is 2. The number of imidazole rings is 1. The number of fused-ring (bicyclic) bond motifs is 1. The molecule has 38 heavy (non-hydrogen) atoms. The second-order valence-electron chi connectivity index (χ2n) is 10.3. The zero-order valence-corrected chi connectivity index (χ0v) is 22.4. The molecule has 204 valence electrons. The number of hydrogen-bond acceptors (Lipinski definition) is 9. The van der Waals surface area contributed by atoms with Crippen LogP contribution in [-0.2, 0) is 19.6 Å². The predicted octanol–water partition coefficient (Wildman–Crippen LogP) is 2.45. The van der Waals surface area contributed by atoms with Crippen LogP contribution in [0.4, 0.5) is 14.5 Å². The van der Waals surface area contributed by atoms with Gasteiger partial charge < -0.3 is 14.5 Å². The third-order valence-electron chi connectivity index (χ3n) is 7.15. The number of ether oxygens (including phenoxy) is 1. The molecular formula is C23H27F2N7O4S2. The van der Waals surface area contributed by atoms with Gasteiger partial charge in [-0.2, -0.15) is 0 Å². The van der Waals surface area contributed by atoms with Crippen molar-refractivity contribution in [3.05, 3.63) is 23.5 Å². The number of nitrogens with one attached hydrogen (secondary N) is 1. The van der Waals surface area contributed by atoms with Gasteiger partial charge in [0, 0.05) is 31.4 Å². The Labute approximate surface area is 221 Å². The number of carbonyl (C=O) groups excluding carboxylic acids is 1. The Morgan fingerprint density at radius 2 is 2.03 bits per heavy atom. The van der Waals surface area contributed by atoms with Gasteiger partial charge in [0.05, 0.1) is 30.0 Å². The van der Waals surface area contributed by atoms with E-state index in [-0.39, 0.29) is 34.3 Å². The third kappa shape index (κ3) is 4.65. The van der Waals surface area contributed by atoms with Crippen molar-refractivity contribution in [1.82, 2.24) is 29.2 Å². The Balaban J connectivity index is 1.45. The fraction of sp³-hybridized carbons (Fsp3) is 0.565. The molecule has 0 radical (unpaired) electrons. The van der Waals surface area contributed by atoms with E-state index in [4.69, 9.17) is 4.74 Å². The lowest BCUT2D eigenvalue weighted by atomic mass is 10.1. The maximum atomic E-state index is 13.4. The topological polar surface area (TPSA) is 122 Å². The largest absolute Gasteiger partial charge is 0.364 e. The Morgan fingerprint density at radius 1 is 1.26 bits per heavy atom. The molecule has 1 aliphatic carbocycles. The first-order valence-electron chi connectivity index (χ1n) is 12.4. The first-order valence-corrected chi connectivity index (χ1v) is 14.7. The van der Waals surface area contributed by atoms with Crippen molar-refractivity contribution in [1.29, 1.82) is 0 Å². The van der Waals surface area contributed by atoms with Gasteiger partial charge in [-0.05, 0) is 39.2 Å². The fourth-order valence-electron chi connectivity index (χ4n) is 4.72. The Morgan fingerprint density at radius 3 is 2.66 bits per heavy atom. The Hall–Kier alpha value is -2.75. The summed E-state index contributed by atoms with van der Waals surface area (Å²) < 4.78 is 63.5. The second-order valence-corrected chi connectivity index (χ2v) is 13.0. The van der Waals surface area contributed by atoms with Gasteiger partial charge in [-0.15, -0.1) is 10.2 Å². The summed E-state index contributed by atoms with van der Waals surface area (Å²) in [5.41, 5.74) is 0.594. The molecule has 3 aliphatic rings. The highest BCUT2D eigenvalue weighted by Crippen LogP contribution is 2.38. The molecule has 3 fully saturated rings. The summed E-state index contributed by atoms with van der Waals surface area (Å²) in [7, 11) is -3.93. The maximum Gasteiger partial charge on any atom is 0.291 e. The number of anilines is 1. The molecule has 2 saturated heterocycles. The Kier molecular flexibility index (Phi) is 6.16.